The standard InChI is InChI=1S/C19H25N3/c20-19(9-2-1-3-10-19)15-6-4-5-14-16-13-7-11-22(12-8-13)18(16)21-17(14)15/h4-6,13,21H,1-3,7-12,20H2. The minimum atomic E-state index is -0.125. The molecule has 2 aromatic rings. The second kappa shape index (κ2) is 4.51. The van der Waals surface area contributed by atoms with Crippen molar-refractivity contribution in [2.45, 2.75) is 56.4 Å². The van der Waals surface area contributed by atoms with Gasteiger partial charge in [-0.15, -0.1) is 0 Å². The van der Waals surface area contributed by atoms with Crippen molar-refractivity contribution in [3.8, 4) is 0 Å². The third-order valence-electron chi connectivity index (χ3n) is 6.35. The van der Waals surface area contributed by atoms with Gasteiger partial charge in [0.05, 0.1) is 5.52 Å². The van der Waals surface area contributed by atoms with Crippen LogP contribution in [0.2, 0.25) is 0 Å². The maximum atomic E-state index is 6.86. The number of aromatic amines is 1. The molecule has 1 aromatic carbocycles. The van der Waals surface area contributed by atoms with Crippen LogP contribution in [0.4, 0.5) is 5.82 Å². The molecule has 0 amide bonds. The lowest BCUT2D eigenvalue weighted by Crippen LogP contribution is -2.38. The maximum absolute atomic E-state index is 6.86. The van der Waals surface area contributed by atoms with Gasteiger partial charge in [0.2, 0.25) is 0 Å². The second-order valence-electron chi connectivity index (χ2n) is 7.59. The van der Waals surface area contributed by atoms with Crippen molar-refractivity contribution in [1.82, 2.24) is 4.98 Å². The average molecular weight is 295 g/mol. The van der Waals surface area contributed by atoms with Gasteiger partial charge in [0.25, 0.3) is 0 Å². The summed E-state index contributed by atoms with van der Waals surface area (Å²) in [7, 11) is 0. The Morgan fingerprint density at radius 2 is 1.86 bits per heavy atom. The third kappa shape index (κ3) is 1.66. The lowest BCUT2D eigenvalue weighted by atomic mass is 9.76. The molecule has 1 saturated heterocycles. The van der Waals surface area contributed by atoms with Crippen molar-refractivity contribution in [2.75, 3.05) is 18.0 Å². The number of benzene rings is 1. The zero-order valence-electron chi connectivity index (χ0n) is 13.2. The molecule has 3 N–H and O–H groups in total. The number of nitrogens with zero attached hydrogens (tertiary/aromatic N) is 1. The number of nitrogens with two attached hydrogens (primary N) is 1. The summed E-state index contributed by atoms with van der Waals surface area (Å²) in [4.78, 5) is 6.33. The predicted molar refractivity (Wildman–Crippen MR) is 91.4 cm³/mol. The highest BCUT2D eigenvalue weighted by Crippen LogP contribution is 2.48. The van der Waals surface area contributed by atoms with Crippen molar-refractivity contribution in [2.24, 2.45) is 5.73 Å². The smallest absolute Gasteiger partial charge is 0.110 e. The number of fused-ring (bicyclic) bond motifs is 3. The fourth-order valence-electron chi connectivity index (χ4n) is 5.15. The van der Waals surface area contributed by atoms with Crippen LogP contribution in [0.15, 0.2) is 18.2 Å². The molecule has 0 atom stereocenters. The van der Waals surface area contributed by atoms with E-state index in [1.807, 2.05) is 0 Å². The van der Waals surface area contributed by atoms with Gasteiger partial charge in [0.15, 0.2) is 0 Å². The summed E-state index contributed by atoms with van der Waals surface area (Å²) in [5, 5.41) is 1.44. The number of piperidine rings is 1. The van der Waals surface area contributed by atoms with Crippen LogP contribution < -0.4 is 10.6 Å². The van der Waals surface area contributed by atoms with Crippen molar-refractivity contribution in [3.05, 3.63) is 29.3 Å². The summed E-state index contributed by atoms with van der Waals surface area (Å²) < 4.78 is 0. The largest absolute Gasteiger partial charge is 0.358 e. The minimum Gasteiger partial charge on any atom is -0.358 e. The molecule has 3 heteroatoms. The molecule has 22 heavy (non-hydrogen) atoms. The highest BCUT2D eigenvalue weighted by molar-refractivity contribution is 5.93. The van der Waals surface area contributed by atoms with Gasteiger partial charge in [-0.3, -0.25) is 0 Å². The second-order valence-corrected chi connectivity index (χ2v) is 7.59. The molecule has 2 fully saturated rings. The number of H-pyrrole nitrogens is 1. The Bertz CT molecular complexity index is 716. The minimum absolute atomic E-state index is 0.125. The Hall–Kier alpha value is -1.48. The number of hydrogen-bond donors (Lipinski definition) is 2. The Kier molecular flexibility index (Phi) is 2.67. The summed E-state index contributed by atoms with van der Waals surface area (Å²) in [6, 6.07) is 6.81. The van der Waals surface area contributed by atoms with Crippen molar-refractivity contribution >= 4 is 16.7 Å². The molecule has 0 spiro atoms. The highest BCUT2D eigenvalue weighted by Gasteiger charge is 2.36. The van der Waals surface area contributed by atoms with Gasteiger partial charge >= 0.3 is 0 Å². The van der Waals surface area contributed by atoms with Crippen LogP contribution in [0.3, 0.4) is 0 Å². The summed E-state index contributed by atoms with van der Waals surface area (Å²) >= 11 is 0. The molecule has 1 aromatic heterocycles. The molecular weight excluding hydrogens is 270 g/mol. The van der Waals surface area contributed by atoms with Crippen LogP contribution in [-0.4, -0.2) is 18.1 Å². The fraction of sp³-hybridized carbons (Fsp3) is 0.579. The lowest BCUT2D eigenvalue weighted by molar-refractivity contribution is 0.304. The lowest BCUT2D eigenvalue weighted by Gasteiger charge is -2.40. The predicted octanol–water partition coefficient (Wildman–Crippen LogP) is 3.98. The molecule has 116 valence electrons. The molecule has 0 unspecified atom stereocenters. The summed E-state index contributed by atoms with van der Waals surface area (Å²) in [5.41, 5.74) is 11.0. The van der Waals surface area contributed by atoms with E-state index in [2.05, 4.69) is 28.1 Å². The topological polar surface area (TPSA) is 45.1 Å². The third-order valence-corrected chi connectivity index (χ3v) is 6.35. The molecule has 6 rings (SSSR count). The van der Waals surface area contributed by atoms with Gasteiger partial charge in [-0.2, -0.15) is 0 Å². The van der Waals surface area contributed by atoms with Crippen LogP contribution in [0.5, 0.6) is 0 Å². The summed E-state index contributed by atoms with van der Waals surface area (Å²) in [6.07, 6.45) is 8.76. The number of anilines is 1. The Morgan fingerprint density at radius 1 is 1.09 bits per heavy atom. The zero-order valence-corrected chi connectivity index (χ0v) is 13.2. The van der Waals surface area contributed by atoms with Gasteiger partial charge in [-0.05, 0) is 37.2 Å². The van der Waals surface area contributed by atoms with Gasteiger partial charge in [0, 0.05) is 29.6 Å². The first-order valence-corrected chi connectivity index (χ1v) is 8.95. The van der Waals surface area contributed by atoms with Crippen LogP contribution in [0.25, 0.3) is 10.9 Å². The summed E-state index contributed by atoms with van der Waals surface area (Å²) in [6.45, 7) is 2.43. The number of para-hydroxylation sites is 1. The molecule has 3 aliphatic heterocycles. The van der Waals surface area contributed by atoms with E-state index < -0.39 is 0 Å². The Balaban J connectivity index is 1.73. The number of nitrogens with one attached hydrogen (secondary N) is 1. The van der Waals surface area contributed by atoms with E-state index in [9.17, 15) is 0 Å². The molecule has 4 heterocycles. The summed E-state index contributed by atoms with van der Waals surface area (Å²) in [5.74, 6) is 2.15. The van der Waals surface area contributed by atoms with E-state index in [-0.39, 0.29) is 5.54 Å². The monoisotopic (exact) mass is 295 g/mol. The van der Waals surface area contributed by atoms with Gasteiger partial charge in [-0.1, -0.05) is 37.5 Å². The molecule has 2 bridgehead atoms. The first-order valence-electron chi connectivity index (χ1n) is 8.95. The van der Waals surface area contributed by atoms with Gasteiger partial charge < -0.3 is 15.6 Å². The van der Waals surface area contributed by atoms with Crippen molar-refractivity contribution in [1.29, 1.82) is 0 Å². The molecular formula is C19H25N3. The van der Waals surface area contributed by atoms with E-state index in [4.69, 9.17) is 5.73 Å². The average Bonchev–Trinajstić information content (AvgIpc) is 2.98. The SMILES string of the molecule is NC1(c2cccc3c4c([nH]c23)N2CCC4CC2)CCCCC1. The van der Waals surface area contributed by atoms with Crippen molar-refractivity contribution < 1.29 is 0 Å². The molecule has 3 nitrogen and oxygen atoms in total. The van der Waals surface area contributed by atoms with Crippen LogP contribution in [0.1, 0.15) is 62.0 Å². The fourth-order valence-corrected chi connectivity index (χ4v) is 5.15. The van der Waals surface area contributed by atoms with Gasteiger partial charge in [-0.25, -0.2) is 0 Å². The van der Waals surface area contributed by atoms with E-state index in [1.165, 1.54) is 67.5 Å². The van der Waals surface area contributed by atoms with E-state index in [0.29, 0.717) is 0 Å². The van der Waals surface area contributed by atoms with Crippen molar-refractivity contribution in [3.63, 3.8) is 0 Å². The maximum Gasteiger partial charge on any atom is 0.110 e. The Morgan fingerprint density at radius 3 is 2.64 bits per heavy atom. The quantitative estimate of drug-likeness (QED) is 0.835. The zero-order chi connectivity index (χ0) is 14.7. The molecule has 1 saturated carbocycles. The number of aromatic nitrogens is 1. The Labute approximate surface area is 131 Å². The van der Waals surface area contributed by atoms with E-state index in [0.717, 1.165) is 18.8 Å². The normalized spacial score (nSPS) is 24.0. The van der Waals surface area contributed by atoms with Gasteiger partial charge in [0.1, 0.15) is 5.82 Å². The van der Waals surface area contributed by atoms with Crippen LogP contribution in [0, 0.1) is 0 Å². The van der Waals surface area contributed by atoms with Crippen LogP contribution in [-0.2, 0) is 5.54 Å². The number of rotatable bonds is 1. The molecule has 1 aliphatic carbocycles. The van der Waals surface area contributed by atoms with E-state index >= 15 is 0 Å². The first-order chi connectivity index (χ1) is 10.8. The first kappa shape index (κ1) is 13.0. The molecule has 0 radical (unpaired) electrons. The number of hydrogen-bond acceptors (Lipinski definition) is 2. The highest BCUT2D eigenvalue weighted by atomic mass is 15.2. The van der Waals surface area contributed by atoms with Crippen LogP contribution >= 0.6 is 0 Å². The van der Waals surface area contributed by atoms with E-state index in [1.54, 1.807) is 5.56 Å². The molecule has 4 aliphatic rings.